The first-order chi connectivity index (χ1) is 6.81. The Bertz CT molecular complexity index is 324. The summed E-state index contributed by atoms with van der Waals surface area (Å²) in [6.45, 7) is 1.04. The van der Waals surface area contributed by atoms with Gasteiger partial charge in [-0.2, -0.15) is 0 Å². The van der Waals surface area contributed by atoms with Crippen LogP contribution in [0.15, 0.2) is 18.2 Å². The van der Waals surface area contributed by atoms with Crippen LogP contribution in [0.5, 0.6) is 11.5 Å². The minimum Gasteiger partial charge on any atom is -0.504 e. The fourth-order valence-corrected chi connectivity index (χ4v) is 2.54. The molecule has 2 rings (SSSR count). The Morgan fingerprint density at radius 2 is 2.43 bits per heavy atom. The summed E-state index contributed by atoms with van der Waals surface area (Å²) in [5.41, 5.74) is 1.15. The average molecular weight is 211 g/mol. The number of methoxy groups -OCH3 is 1. The number of nitrogens with one attached hydrogen (secondary N) is 1. The van der Waals surface area contributed by atoms with E-state index in [4.69, 9.17) is 4.74 Å². The summed E-state index contributed by atoms with van der Waals surface area (Å²) in [6.07, 6.45) is 0. The van der Waals surface area contributed by atoms with Crippen molar-refractivity contribution < 1.29 is 9.84 Å². The van der Waals surface area contributed by atoms with E-state index < -0.39 is 0 Å². The molecule has 0 bridgehead atoms. The van der Waals surface area contributed by atoms with Crippen LogP contribution < -0.4 is 10.1 Å². The van der Waals surface area contributed by atoms with Crippen molar-refractivity contribution >= 4 is 11.8 Å². The minimum absolute atomic E-state index is 0.194. The van der Waals surface area contributed by atoms with E-state index in [1.165, 1.54) is 0 Å². The fraction of sp³-hybridized carbons (Fsp3) is 0.400. The topological polar surface area (TPSA) is 41.5 Å². The van der Waals surface area contributed by atoms with Crippen LogP contribution in [0.3, 0.4) is 0 Å². The number of hydrogen-bond acceptors (Lipinski definition) is 4. The van der Waals surface area contributed by atoms with Gasteiger partial charge in [0.15, 0.2) is 11.5 Å². The second kappa shape index (κ2) is 4.11. The van der Waals surface area contributed by atoms with E-state index in [2.05, 4.69) is 5.32 Å². The maximum absolute atomic E-state index is 9.43. The lowest BCUT2D eigenvalue weighted by Crippen LogP contribution is -2.11. The van der Waals surface area contributed by atoms with E-state index in [0.29, 0.717) is 11.1 Å². The van der Waals surface area contributed by atoms with E-state index in [0.717, 1.165) is 17.9 Å². The van der Waals surface area contributed by atoms with Gasteiger partial charge in [-0.1, -0.05) is 6.07 Å². The number of aromatic hydroxyl groups is 1. The molecule has 1 aromatic rings. The van der Waals surface area contributed by atoms with Crippen LogP contribution in [0.1, 0.15) is 10.9 Å². The van der Waals surface area contributed by atoms with Crippen molar-refractivity contribution in [1.82, 2.24) is 5.32 Å². The normalized spacial score (nSPS) is 21.1. The quantitative estimate of drug-likeness (QED) is 0.782. The minimum atomic E-state index is 0.194. The molecule has 1 heterocycles. The summed E-state index contributed by atoms with van der Waals surface area (Å²) in [4.78, 5) is 0. The average Bonchev–Trinajstić information content (AvgIpc) is 2.71. The number of ether oxygens (including phenoxy) is 1. The number of hydrogen-bond donors (Lipinski definition) is 2. The Hall–Kier alpha value is -0.870. The zero-order valence-electron chi connectivity index (χ0n) is 7.99. The molecule has 1 atom stereocenters. The van der Waals surface area contributed by atoms with Crippen LogP contribution >= 0.6 is 11.8 Å². The van der Waals surface area contributed by atoms with Gasteiger partial charge >= 0.3 is 0 Å². The van der Waals surface area contributed by atoms with Gasteiger partial charge in [-0.15, -0.1) is 11.8 Å². The zero-order valence-corrected chi connectivity index (χ0v) is 8.80. The monoisotopic (exact) mass is 211 g/mol. The Kier molecular flexibility index (Phi) is 2.84. The fourth-order valence-electron chi connectivity index (χ4n) is 1.50. The third kappa shape index (κ3) is 1.81. The lowest BCUT2D eigenvalue weighted by atomic mass is 10.2. The van der Waals surface area contributed by atoms with Crippen molar-refractivity contribution in [2.45, 2.75) is 5.37 Å². The van der Waals surface area contributed by atoms with Gasteiger partial charge in [0.05, 0.1) is 12.5 Å². The maximum Gasteiger partial charge on any atom is 0.160 e. The first-order valence-electron chi connectivity index (χ1n) is 4.53. The van der Waals surface area contributed by atoms with Gasteiger partial charge in [0, 0.05) is 12.3 Å². The SMILES string of the molecule is COc1cc([C@@H]2NCCS2)ccc1O. The largest absolute Gasteiger partial charge is 0.504 e. The molecular weight excluding hydrogens is 198 g/mol. The molecule has 3 nitrogen and oxygen atoms in total. The molecule has 1 aliphatic heterocycles. The van der Waals surface area contributed by atoms with Crippen LogP contribution in [0.25, 0.3) is 0 Å². The number of phenolic OH excluding ortho intramolecular Hbond substituents is 1. The molecule has 1 saturated heterocycles. The lowest BCUT2D eigenvalue weighted by Gasteiger charge is -2.11. The summed E-state index contributed by atoms with van der Waals surface area (Å²) in [6, 6.07) is 5.48. The Morgan fingerprint density at radius 1 is 1.57 bits per heavy atom. The number of thioether (sulfide) groups is 1. The molecule has 0 radical (unpaired) electrons. The second-order valence-electron chi connectivity index (χ2n) is 3.14. The van der Waals surface area contributed by atoms with E-state index in [1.807, 2.05) is 23.9 Å². The molecule has 4 heteroatoms. The molecule has 0 saturated carbocycles. The Labute approximate surface area is 87.5 Å². The highest BCUT2D eigenvalue weighted by Gasteiger charge is 2.17. The van der Waals surface area contributed by atoms with Crippen LogP contribution in [-0.2, 0) is 0 Å². The Morgan fingerprint density at radius 3 is 3.07 bits per heavy atom. The second-order valence-corrected chi connectivity index (χ2v) is 4.35. The van der Waals surface area contributed by atoms with Gasteiger partial charge < -0.3 is 15.2 Å². The molecule has 0 spiro atoms. The van der Waals surface area contributed by atoms with Crippen LogP contribution in [0.2, 0.25) is 0 Å². The molecule has 1 aromatic carbocycles. The van der Waals surface area contributed by atoms with Gasteiger partial charge in [-0.05, 0) is 17.7 Å². The molecule has 2 N–H and O–H groups in total. The maximum atomic E-state index is 9.43. The molecular formula is C10H13NO2S. The Balaban J connectivity index is 2.25. The first-order valence-corrected chi connectivity index (χ1v) is 5.58. The predicted octanol–water partition coefficient (Wildman–Crippen LogP) is 1.74. The molecule has 0 amide bonds. The van der Waals surface area contributed by atoms with Crippen LogP contribution in [0, 0.1) is 0 Å². The number of rotatable bonds is 2. The highest BCUT2D eigenvalue weighted by atomic mass is 32.2. The zero-order chi connectivity index (χ0) is 9.97. The van der Waals surface area contributed by atoms with Gasteiger partial charge in [0.25, 0.3) is 0 Å². The summed E-state index contributed by atoms with van der Waals surface area (Å²) in [5.74, 6) is 1.87. The predicted molar refractivity (Wildman–Crippen MR) is 57.9 cm³/mol. The lowest BCUT2D eigenvalue weighted by molar-refractivity contribution is 0.373. The van der Waals surface area contributed by atoms with Crippen molar-refractivity contribution in [3.63, 3.8) is 0 Å². The van der Waals surface area contributed by atoms with Gasteiger partial charge in [-0.3, -0.25) is 0 Å². The molecule has 14 heavy (non-hydrogen) atoms. The van der Waals surface area contributed by atoms with Crippen molar-refractivity contribution in [2.75, 3.05) is 19.4 Å². The van der Waals surface area contributed by atoms with Crippen LogP contribution in [-0.4, -0.2) is 24.5 Å². The van der Waals surface area contributed by atoms with Crippen molar-refractivity contribution in [3.8, 4) is 11.5 Å². The highest BCUT2D eigenvalue weighted by molar-refractivity contribution is 7.99. The molecule has 0 aliphatic carbocycles. The molecule has 0 aromatic heterocycles. The molecule has 0 unspecified atom stereocenters. The summed E-state index contributed by atoms with van der Waals surface area (Å²) < 4.78 is 5.06. The number of phenols is 1. The summed E-state index contributed by atoms with van der Waals surface area (Å²) in [7, 11) is 1.56. The van der Waals surface area contributed by atoms with Gasteiger partial charge in [0.2, 0.25) is 0 Å². The van der Waals surface area contributed by atoms with E-state index in [-0.39, 0.29) is 5.75 Å². The summed E-state index contributed by atoms with van der Waals surface area (Å²) >= 11 is 1.87. The molecule has 1 fully saturated rings. The van der Waals surface area contributed by atoms with Crippen molar-refractivity contribution in [2.24, 2.45) is 0 Å². The third-order valence-electron chi connectivity index (χ3n) is 2.22. The van der Waals surface area contributed by atoms with Gasteiger partial charge in [-0.25, -0.2) is 0 Å². The van der Waals surface area contributed by atoms with E-state index >= 15 is 0 Å². The van der Waals surface area contributed by atoms with Crippen molar-refractivity contribution in [3.05, 3.63) is 23.8 Å². The number of benzene rings is 1. The van der Waals surface area contributed by atoms with Gasteiger partial charge in [0.1, 0.15) is 0 Å². The third-order valence-corrected chi connectivity index (χ3v) is 3.43. The highest BCUT2D eigenvalue weighted by Crippen LogP contribution is 2.35. The summed E-state index contributed by atoms with van der Waals surface area (Å²) in [5, 5.41) is 13.1. The molecule has 76 valence electrons. The van der Waals surface area contributed by atoms with Crippen molar-refractivity contribution in [1.29, 1.82) is 0 Å². The van der Waals surface area contributed by atoms with E-state index in [1.54, 1.807) is 13.2 Å². The van der Waals surface area contributed by atoms with Crippen LogP contribution in [0.4, 0.5) is 0 Å². The first kappa shape index (κ1) is 9.68. The molecule has 1 aliphatic rings. The van der Waals surface area contributed by atoms with E-state index in [9.17, 15) is 5.11 Å². The standard InChI is InChI=1S/C10H13NO2S/c1-13-9-6-7(2-3-8(9)12)10-11-4-5-14-10/h2-3,6,10-12H,4-5H2,1H3/t10-/m1/s1. The smallest absolute Gasteiger partial charge is 0.160 e.